The molecule has 2 rings (SSSR count). The summed E-state index contributed by atoms with van der Waals surface area (Å²) in [6.07, 6.45) is 0.806. The smallest absolute Gasteiger partial charge is 0.130 e. The van der Waals surface area contributed by atoms with Crippen molar-refractivity contribution in [1.29, 1.82) is 0 Å². The third-order valence-electron chi connectivity index (χ3n) is 3.73. The first-order valence-electron chi connectivity index (χ1n) is 7.16. The zero-order valence-corrected chi connectivity index (χ0v) is 12.4. The molecule has 0 fully saturated rings. The van der Waals surface area contributed by atoms with Crippen LogP contribution in [-0.4, -0.2) is 6.54 Å². The van der Waals surface area contributed by atoms with Gasteiger partial charge in [0, 0.05) is 11.6 Å². The van der Waals surface area contributed by atoms with Gasteiger partial charge in [-0.1, -0.05) is 49.4 Å². The van der Waals surface area contributed by atoms with Crippen LogP contribution in [0.4, 0.5) is 4.39 Å². The number of halogens is 1. The van der Waals surface area contributed by atoms with Gasteiger partial charge in [-0.3, -0.25) is 0 Å². The topological polar surface area (TPSA) is 12.0 Å². The number of aryl methyl sites for hydroxylation is 2. The molecule has 1 unspecified atom stereocenters. The molecule has 1 nitrogen and oxygen atoms in total. The van der Waals surface area contributed by atoms with Gasteiger partial charge in [-0.05, 0) is 43.5 Å². The van der Waals surface area contributed by atoms with E-state index in [1.165, 1.54) is 11.1 Å². The lowest BCUT2D eigenvalue weighted by atomic mass is 9.94. The van der Waals surface area contributed by atoms with Crippen LogP contribution in [0.1, 0.15) is 35.2 Å². The van der Waals surface area contributed by atoms with Crippen LogP contribution >= 0.6 is 0 Å². The number of benzene rings is 2. The van der Waals surface area contributed by atoms with Crippen molar-refractivity contribution < 1.29 is 4.39 Å². The van der Waals surface area contributed by atoms with Gasteiger partial charge in [0.25, 0.3) is 0 Å². The molecule has 1 atom stereocenters. The standard InChI is InChI=1S/C18H22FN/c1-4-20-17(12-15-10-6-5-8-13(15)2)16-11-7-9-14(3)18(16)19/h5-11,17,20H,4,12H2,1-3H3. The number of rotatable bonds is 5. The fourth-order valence-electron chi connectivity index (χ4n) is 2.54. The lowest BCUT2D eigenvalue weighted by molar-refractivity contribution is 0.506. The highest BCUT2D eigenvalue weighted by Crippen LogP contribution is 2.24. The van der Waals surface area contributed by atoms with E-state index in [-0.39, 0.29) is 11.9 Å². The minimum Gasteiger partial charge on any atom is -0.310 e. The van der Waals surface area contributed by atoms with E-state index < -0.39 is 0 Å². The molecule has 0 saturated carbocycles. The van der Waals surface area contributed by atoms with Crippen molar-refractivity contribution in [1.82, 2.24) is 5.32 Å². The molecule has 2 aromatic carbocycles. The maximum Gasteiger partial charge on any atom is 0.130 e. The molecule has 106 valence electrons. The lowest BCUT2D eigenvalue weighted by Crippen LogP contribution is -2.24. The Morgan fingerprint density at radius 1 is 1.00 bits per heavy atom. The Balaban J connectivity index is 2.32. The average molecular weight is 271 g/mol. The Morgan fingerprint density at radius 2 is 1.70 bits per heavy atom. The van der Waals surface area contributed by atoms with E-state index >= 15 is 0 Å². The molecular weight excluding hydrogens is 249 g/mol. The fourth-order valence-corrected chi connectivity index (χ4v) is 2.54. The summed E-state index contributed by atoms with van der Waals surface area (Å²) in [6, 6.07) is 13.9. The molecule has 2 aromatic rings. The molecular formula is C18H22FN. The Kier molecular flexibility index (Phi) is 4.91. The van der Waals surface area contributed by atoms with E-state index in [0.717, 1.165) is 18.5 Å². The summed E-state index contributed by atoms with van der Waals surface area (Å²) in [5.41, 5.74) is 3.98. The van der Waals surface area contributed by atoms with Gasteiger partial charge in [0.05, 0.1) is 0 Å². The SMILES string of the molecule is CCNC(Cc1ccccc1C)c1cccc(C)c1F. The van der Waals surface area contributed by atoms with Gasteiger partial charge in [0.2, 0.25) is 0 Å². The second kappa shape index (κ2) is 6.67. The minimum absolute atomic E-state index is 0.0148. The van der Waals surface area contributed by atoms with E-state index in [1.54, 1.807) is 0 Å². The Labute approximate surface area is 120 Å². The molecule has 0 aliphatic carbocycles. The largest absolute Gasteiger partial charge is 0.310 e. The zero-order chi connectivity index (χ0) is 14.5. The summed E-state index contributed by atoms with van der Waals surface area (Å²) < 4.78 is 14.3. The van der Waals surface area contributed by atoms with Crippen LogP contribution in [0.2, 0.25) is 0 Å². The first-order chi connectivity index (χ1) is 9.63. The Hall–Kier alpha value is -1.67. The van der Waals surface area contributed by atoms with Crippen molar-refractivity contribution in [2.45, 2.75) is 33.2 Å². The second-order valence-electron chi connectivity index (χ2n) is 5.22. The highest BCUT2D eigenvalue weighted by Gasteiger charge is 2.17. The highest BCUT2D eigenvalue weighted by atomic mass is 19.1. The van der Waals surface area contributed by atoms with Gasteiger partial charge in [-0.15, -0.1) is 0 Å². The molecule has 0 bridgehead atoms. The molecule has 0 aliphatic rings. The van der Waals surface area contributed by atoms with Gasteiger partial charge >= 0.3 is 0 Å². The van der Waals surface area contributed by atoms with Gasteiger partial charge in [0.1, 0.15) is 5.82 Å². The summed E-state index contributed by atoms with van der Waals surface area (Å²) in [5, 5.41) is 3.40. The number of likely N-dealkylation sites (N-methyl/N-ethyl adjacent to an activating group) is 1. The predicted molar refractivity (Wildman–Crippen MR) is 82.4 cm³/mol. The van der Waals surface area contributed by atoms with Crippen molar-refractivity contribution in [3.8, 4) is 0 Å². The van der Waals surface area contributed by atoms with Gasteiger partial charge in [0.15, 0.2) is 0 Å². The highest BCUT2D eigenvalue weighted by molar-refractivity contribution is 5.32. The molecule has 0 aromatic heterocycles. The second-order valence-corrected chi connectivity index (χ2v) is 5.22. The number of hydrogen-bond donors (Lipinski definition) is 1. The fraction of sp³-hybridized carbons (Fsp3) is 0.333. The van der Waals surface area contributed by atoms with Crippen molar-refractivity contribution in [2.24, 2.45) is 0 Å². The summed E-state index contributed by atoms with van der Waals surface area (Å²) in [4.78, 5) is 0. The molecule has 20 heavy (non-hydrogen) atoms. The van der Waals surface area contributed by atoms with E-state index in [9.17, 15) is 4.39 Å². The third-order valence-corrected chi connectivity index (χ3v) is 3.73. The first kappa shape index (κ1) is 14.7. The van der Waals surface area contributed by atoms with E-state index in [0.29, 0.717) is 5.56 Å². The van der Waals surface area contributed by atoms with E-state index in [2.05, 4.69) is 31.3 Å². The minimum atomic E-state index is -0.0907. The van der Waals surface area contributed by atoms with Crippen molar-refractivity contribution in [3.05, 3.63) is 70.5 Å². The normalized spacial score (nSPS) is 12.4. The lowest BCUT2D eigenvalue weighted by Gasteiger charge is -2.21. The van der Waals surface area contributed by atoms with Crippen LogP contribution < -0.4 is 5.32 Å². The van der Waals surface area contributed by atoms with Crippen LogP contribution in [0, 0.1) is 19.7 Å². The quantitative estimate of drug-likeness (QED) is 0.853. The monoisotopic (exact) mass is 271 g/mol. The van der Waals surface area contributed by atoms with Gasteiger partial charge < -0.3 is 5.32 Å². The van der Waals surface area contributed by atoms with E-state index in [4.69, 9.17) is 0 Å². The van der Waals surface area contributed by atoms with E-state index in [1.807, 2.05) is 37.3 Å². The Morgan fingerprint density at radius 3 is 2.40 bits per heavy atom. The number of hydrogen-bond acceptors (Lipinski definition) is 1. The van der Waals surface area contributed by atoms with Crippen LogP contribution in [0.3, 0.4) is 0 Å². The maximum absolute atomic E-state index is 14.3. The van der Waals surface area contributed by atoms with Crippen molar-refractivity contribution >= 4 is 0 Å². The number of nitrogens with one attached hydrogen (secondary N) is 1. The van der Waals surface area contributed by atoms with Gasteiger partial charge in [-0.25, -0.2) is 4.39 Å². The molecule has 0 spiro atoms. The molecule has 0 heterocycles. The zero-order valence-electron chi connectivity index (χ0n) is 12.4. The van der Waals surface area contributed by atoms with Crippen LogP contribution in [0.15, 0.2) is 42.5 Å². The Bertz CT molecular complexity index is 577. The molecule has 2 heteroatoms. The molecule has 0 radical (unpaired) electrons. The molecule has 1 N–H and O–H groups in total. The van der Waals surface area contributed by atoms with Gasteiger partial charge in [-0.2, -0.15) is 0 Å². The third kappa shape index (κ3) is 3.26. The molecule has 0 aliphatic heterocycles. The summed E-state index contributed by atoms with van der Waals surface area (Å²) in [7, 11) is 0. The van der Waals surface area contributed by atoms with Crippen LogP contribution in [-0.2, 0) is 6.42 Å². The predicted octanol–water partition coefficient (Wildman–Crippen LogP) is 4.34. The summed E-state index contributed by atoms with van der Waals surface area (Å²) in [5.74, 6) is -0.0907. The molecule has 0 amide bonds. The summed E-state index contributed by atoms with van der Waals surface area (Å²) >= 11 is 0. The van der Waals surface area contributed by atoms with Crippen molar-refractivity contribution in [2.75, 3.05) is 6.54 Å². The first-order valence-corrected chi connectivity index (χ1v) is 7.16. The maximum atomic E-state index is 14.3. The van der Waals surface area contributed by atoms with Crippen LogP contribution in [0.25, 0.3) is 0 Å². The average Bonchev–Trinajstić information content (AvgIpc) is 2.44. The molecule has 0 saturated heterocycles. The van der Waals surface area contributed by atoms with Crippen LogP contribution in [0.5, 0.6) is 0 Å². The van der Waals surface area contributed by atoms with Crippen molar-refractivity contribution in [3.63, 3.8) is 0 Å². The summed E-state index contributed by atoms with van der Waals surface area (Å²) in [6.45, 7) is 6.79.